The number of morpholine rings is 1. The molecule has 3 heterocycles. The quantitative estimate of drug-likeness (QED) is 0.588. The Bertz CT molecular complexity index is 800. The highest BCUT2D eigenvalue weighted by atomic mass is 127. The van der Waals surface area contributed by atoms with Crippen LogP contribution in [0.4, 0.5) is 5.82 Å². The van der Waals surface area contributed by atoms with E-state index in [4.69, 9.17) is 14.7 Å². The number of fused-ring (bicyclic) bond motifs is 1. The van der Waals surface area contributed by atoms with Gasteiger partial charge >= 0.3 is 0 Å². The van der Waals surface area contributed by atoms with E-state index >= 15 is 0 Å². The molecule has 3 aromatic rings. The average Bonchev–Trinajstić information content (AvgIpc) is 2.95. The minimum Gasteiger partial charge on any atom is -0.378 e. The molecule has 1 aliphatic rings. The Morgan fingerprint density at radius 3 is 2.64 bits per heavy atom. The van der Waals surface area contributed by atoms with Crippen LogP contribution < -0.4 is 4.90 Å². The summed E-state index contributed by atoms with van der Waals surface area (Å²) >= 11 is 4.07. The van der Waals surface area contributed by atoms with Crippen LogP contribution in [0, 0.1) is 2.88 Å². The third kappa shape index (κ3) is 2.70. The molecule has 2 aromatic heterocycles. The van der Waals surface area contributed by atoms with Gasteiger partial charge in [-0.05, 0) is 28.7 Å². The molecule has 0 unspecified atom stereocenters. The second kappa shape index (κ2) is 6.10. The summed E-state index contributed by atoms with van der Waals surface area (Å²) in [6.45, 7) is 3.28. The lowest BCUT2D eigenvalue weighted by molar-refractivity contribution is 0.122. The number of hydrogen-bond acceptors (Lipinski definition) is 5. The maximum absolute atomic E-state index is 5.47. The van der Waals surface area contributed by atoms with Gasteiger partial charge in [0.2, 0.25) is 0 Å². The van der Waals surface area contributed by atoms with Crippen LogP contribution in [-0.2, 0) is 4.74 Å². The first-order valence-electron chi connectivity index (χ1n) is 7.16. The molecule has 0 N–H and O–H groups in total. The van der Waals surface area contributed by atoms with Crippen molar-refractivity contribution in [2.45, 2.75) is 0 Å². The second-order valence-corrected chi connectivity index (χ2v) is 8.03. The monoisotopic (exact) mass is 423 g/mol. The summed E-state index contributed by atoms with van der Waals surface area (Å²) in [5.41, 5.74) is 1.06. The number of rotatable bonds is 2. The molecule has 0 bridgehead atoms. The van der Waals surface area contributed by atoms with Crippen LogP contribution >= 0.6 is 33.9 Å². The zero-order chi connectivity index (χ0) is 14.9. The molecule has 1 aromatic carbocycles. The highest BCUT2D eigenvalue weighted by Gasteiger charge is 2.19. The Morgan fingerprint density at radius 1 is 1.09 bits per heavy atom. The summed E-state index contributed by atoms with van der Waals surface area (Å²) in [5, 5.41) is 1.15. The van der Waals surface area contributed by atoms with Crippen LogP contribution in [0.15, 0.2) is 36.4 Å². The Morgan fingerprint density at radius 2 is 1.86 bits per heavy atom. The fourth-order valence-corrected chi connectivity index (χ4v) is 4.30. The topological polar surface area (TPSA) is 38.2 Å². The largest absolute Gasteiger partial charge is 0.378 e. The predicted molar refractivity (Wildman–Crippen MR) is 98.6 cm³/mol. The van der Waals surface area contributed by atoms with E-state index < -0.39 is 0 Å². The summed E-state index contributed by atoms with van der Waals surface area (Å²) in [6.07, 6.45) is 0. The zero-order valence-electron chi connectivity index (χ0n) is 11.8. The minimum absolute atomic E-state index is 0.757. The van der Waals surface area contributed by atoms with Gasteiger partial charge in [-0.25, -0.2) is 9.97 Å². The first-order chi connectivity index (χ1) is 10.8. The van der Waals surface area contributed by atoms with Gasteiger partial charge in [-0.15, -0.1) is 11.3 Å². The molecule has 22 heavy (non-hydrogen) atoms. The molecule has 0 radical (unpaired) electrons. The molecule has 4 rings (SSSR count). The number of hydrogen-bond donors (Lipinski definition) is 0. The second-order valence-electron chi connectivity index (χ2n) is 5.11. The number of nitrogens with zero attached hydrogens (tertiary/aromatic N) is 3. The molecule has 0 amide bonds. The molecule has 4 nitrogen and oxygen atoms in total. The molecule has 1 fully saturated rings. The molecule has 112 valence electrons. The van der Waals surface area contributed by atoms with E-state index in [0.29, 0.717) is 0 Å². The van der Waals surface area contributed by atoms with E-state index in [1.54, 1.807) is 11.3 Å². The van der Waals surface area contributed by atoms with Crippen molar-refractivity contribution in [3.05, 3.63) is 39.3 Å². The minimum atomic E-state index is 0.757. The van der Waals surface area contributed by atoms with Gasteiger partial charge in [0.15, 0.2) is 5.82 Å². The molecule has 1 saturated heterocycles. The first kappa shape index (κ1) is 14.3. The van der Waals surface area contributed by atoms with Crippen molar-refractivity contribution in [3.63, 3.8) is 0 Å². The highest BCUT2D eigenvalue weighted by Crippen LogP contribution is 2.34. The van der Waals surface area contributed by atoms with Crippen molar-refractivity contribution in [2.75, 3.05) is 31.2 Å². The average molecular weight is 423 g/mol. The van der Waals surface area contributed by atoms with Crippen molar-refractivity contribution in [3.8, 4) is 11.4 Å². The number of aromatic nitrogens is 2. The number of anilines is 1. The van der Waals surface area contributed by atoms with E-state index in [9.17, 15) is 0 Å². The Labute approximate surface area is 146 Å². The molecule has 6 heteroatoms. The Hall–Kier alpha value is -1.25. The Balaban J connectivity index is 1.89. The smallest absolute Gasteiger partial charge is 0.163 e. The van der Waals surface area contributed by atoms with Crippen LogP contribution in [0.5, 0.6) is 0 Å². The van der Waals surface area contributed by atoms with E-state index in [0.717, 1.165) is 53.7 Å². The lowest BCUT2D eigenvalue weighted by Gasteiger charge is -2.28. The van der Waals surface area contributed by atoms with E-state index in [-0.39, 0.29) is 0 Å². The van der Waals surface area contributed by atoms with Crippen molar-refractivity contribution in [2.24, 2.45) is 0 Å². The van der Waals surface area contributed by atoms with E-state index in [1.807, 2.05) is 18.2 Å². The Kier molecular flexibility index (Phi) is 3.98. The lowest BCUT2D eigenvalue weighted by atomic mass is 10.2. The van der Waals surface area contributed by atoms with Gasteiger partial charge in [-0.1, -0.05) is 30.3 Å². The molecule has 0 saturated carbocycles. The van der Waals surface area contributed by atoms with Gasteiger partial charge in [0, 0.05) is 18.7 Å². The van der Waals surface area contributed by atoms with Crippen LogP contribution in [0.25, 0.3) is 21.6 Å². The molecule has 0 atom stereocenters. The highest BCUT2D eigenvalue weighted by molar-refractivity contribution is 14.1. The van der Waals surface area contributed by atoms with Gasteiger partial charge in [0.1, 0.15) is 10.6 Å². The van der Waals surface area contributed by atoms with Gasteiger partial charge < -0.3 is 9.64 Å². The van der Waals surface area contributed by atoms with E-state index in [2.05, 4.69) is 45.7 Å². The number of thiophene rings is 1. The molecule has 1 aliphatic heterocycles. The first-order valence-corrected chi connectivity index (χ1v) is 9.06. The van der Waals surface area contributed by atoms with Crippen LogP contribution in [-0.4, -0.2) is 36.3 Å². The van der Waals surface area contributed by atoms with Crippen molar-refractivity contribution in [1.82, 2.24) is 9.97 Å². The van der Waals surface area contributed by atoms with Gasteiger partial charge in [0.05, 0.1) is 21.5 Å². The normalized spacial score (nSPS) is 15.4. The summed E-state index contributed by atoms with van der Waals surface area (Å²) in [6, 6.07) is 12.4. The van der Waals surface area contributed by atoms with Crippen molar-refractivity contribution >= 4 is 50.0 Å². The maximum Gasteiger partial charge on any atom is 0.163 e. The summed E-state index contributed by atoms with van der Waals surface area (Å²) in [7, 11) is 0. The predicted octanol–water partition coefficient (Wildman–Crippen LogP) is 3.80. The zero-order valence-corrected chi connectivity index (χ0v) is 14.8. The summed E-state index contributed by atoms with van der Waals surface area (Å²) in [4.78, 5) is 13.0. The molecule has 0 spiro atoms. The lowest BCUT2D eigenvalue weighted by Crippen LogP contribution is -2.37. The standard InChI is InChI=1S/C16H14IN3OS/c17-13-10-12-15(20-6-8-21-9-7-20)18-14(19-16(12)22-13)11-4-2-1-3-5-11/h1-5,10H,6-9H2. The SMILES string of the molecule is Ic1cc2c(N3CCOCC3)nc(-c3ccccc3)nc2s1. The number of ether oxygens (including phenoxy) is 1. The van der Waals surface area contributed by atoms with Crippen molar-refractivity contribution in [1.29, 1.82) is 0 Å². The van der Waals surface area contributed by atoms with Crippen molar-refractivity contribution < 1.29 is 4.74 Å². The van der Waals surface area contributed by atoms with Crippen LogP contribution in [0.1, 0.15) is 0 Å². The third-order valence-corrected chi connectivity index (χ3v) is 5.47. The number of benzene rings is 1. The third-order valence-electron chi connectivity index (χ3n) is 3.69. The van der Waals surface area contributed by atoms with Gasteiger partial charge in [-0.2, -0.15) is 0 Å². The van der Waals surface area contributed by atoms with Crippen LogP contribution in [0.2, 0.25) is 0 Å². The molecular weight excluding hydrogens is 409 g/mol. The maximum atomic E-state index is 5.47. The van der Waals surface area contributed by atoms with Crippen LogP contribution in [0.3, 0.4) is 0 Å². The summed E-state index contributed by atoms with van der Waals surface area (Å²) in [5.74, 6) is 1.83. The molecular formula is C16H14IN3OS. The molecule has 0 aliphatic carbocycles. The van der Waals surface area contributed by atoms with E-state index in [1.165, 1.54) is 2.88 Å². The van der Waals surface area contributed by atoms with Gasteiger partial charge in [-0.3, -0.25) is 0 Å². The number of halogens is 1. The fourth-order valence-electron chi connectivity index (χ4n) is 2.61. The van der Waals surface area contributed by atoms with Gasteiger partial charge in [0.25, 0.3) is 0 Å². The summed E-state index contributed by atoms with van der Waals surface area (Å²) < 4.78 is 6.71. The fraction of sp³-hybridized carbons (Fsp3) is 0.250.